The molecule has 0 aliphatic heterocycles. The molecule has 2 aromatic heterocycles. The van der Waals surface area contributed by atoms with E-state index < -0.39 is 0 Å². The Morgan fingerprint density at radius 3 is 2.95 bits per heavy atom. The quantitative estimate of drug-likeness (QED) is 0.692. The first kappa shape index (κ1) is 13.2. The van der Waals surface area contributed by atoms with Gasteiger partial charge in [-0.05, 0) is 19.1 Å². The van der Waals surface area contributed by atoms with Gasteiger partial charge in [-0.15, -0.1) is 22.7 Å². The minimum Gasteiger partial charge on any atom is -0.466 e. The van der Waals surface area contributed by atoms with Crippen LogP contribution >= 0.6 is 22.7 Å². The summed E-state index contributed by atoms with van der Waals surface area (Å²) in [5.41, 5.74) is 1.81. The van der Waals surface area contributed by atoms with E-state index in [4.69, 9.17) is 4.74 Å². The highest BCUT2D eigenvalue weighted by Crippen LogP contribution is 2.30. The molecule has 3 rings (SSSR count). The van der Waals surface area contributed by atoms with Crippen molar-refractivity contribution in [1.29, 1.82) is 0 Å². The minimum absolute atomic E-state index is 0.226. The molecule has 102 valence electrons. The normalized spacial score (nSPS) is 10.8. The SMILES string of the molecule is CCOC(=O)Cc1nc(-c2nc3ccccc3s2)cs1. The van der Waals surface area contributed by atoms with Gasteiger partial charge in [0.2, 0.25) is 0 Å². The van der Waals surface area contributed by atoms with Crippen molar-refractivity contribution >= 4 is 38.9 Å². The summed E-state index contributed by atoms with van der Waals surface area (Å²) in [4.78, 5) is 20.5. The highest BCUT2D eigenvalue weighted by atomic mass is 32.1. The van der Waals surface area contributed by atoms with E-state index in [1.54, 1.807) is 18.3 Å². The molecule has 0 unspecified atom stereocenters. The molecule has 0 radical (unpaired) electrons. The molecule has 0 spiro atoms. The summed E-state index contributed by atoms with van der Waals surface area (Å²) in [5, 5.41) is 3.59. The molecule has 0 aliphatic carbocycles. The molecule has 0 aliphatic rings. The van der Waals surface area contributed by atoms with Gasteiger partial charge in [0.05, 0.1) is 23.2 Å². The van der Waals surface area contributed by atoms with Crippen molar-refractivity contribution in [3.63, 3.8) is 0 Å². The fraction of sp³-hybridized carbons (Fsp3) is 0.214. The number of benzene rings is 1. The molecule has 20 heavy (non-hydrogen) atoms. The number of esters is 1. The average molecular weight is 304 g/mol. The van der Waals surface area contributed by atoms with Crippen LogP contribution in [0.4, 0.5) is 0 Å². The Labute approximate surface area is 124 Å². The zero-order chi connectivity index (χ0) is 13.9. The molecule has 0 bridgehead atoms. The van der Waals surface area contributed by atoms with Crippen LogP contribution in [-0.2, 0) is 16.0 Å². The molecular formula is C14H12N2O2S2. The van der Waals surface area contributed by atoms with Crippen LogP contribution in [0.5, 0.6) is 0 Å². The highest BCUT2D eigenvalue weighted by Gasteiger charge is 2.12. The molecule has 0 atom stereocenters. The van der Waals surface area contributed by atoms with Crippen molar-refractivity contribution in [3.8, 4) is 10.7 Å². The number of ether oxygens (including phenoxy) is 1. The molecule has 0 saturated carbocycles. The molecule has 0 fully saturated rings. The number of hydrogen-bond acceptors (Lipinski definition) is 6. The molecule has 3 aromatic rings. The molecule has 4 nitrogen and oxygen atoms in total. The Hall–Kier alpha value is -1.79. The zero-order valence-corrected chi connectivity index (χ0v) is 12.5. The number of aromatic nitrogens is 2. The maximum atomic E-state index is 11.4. The lowest BCUT2D eigenvalue weighted by atomic mass is 10.3. The highest BCUT2D eigenvalue weighted by molar-refractivity contribution is 7.21. The lowest BCUT2D eigenvalue weighted by Gasteiger charge is -1.97. The van der Waals surface area contributed by atoms with Crippen molar-refractivity contribution in [2.75, 3.05) is 6.61 Å². The predicted molar refractivity (Wildman–Crippen MR) is 81.1 cm³/mol. The van der Waals surface area contributed by atoms with Crippen molar-refractivity contribution < 1.29 is 9.53 Å². The van der Waals surface area contributed by atoms with E-state index in [1.807, 2.05) is 29.6 Å². The van der Waals surface area contributed by atoms with Crippen molar-refractivity contribution in [2.45, 2.75) is 13.3 Å². The van der Waals surface area contributed by atoms with Crippen LogP contribution in [0.15, 0.2) is 29.6 Å². The molecule has 1 aromatic carbocycles. The van der Waals surface area contributed by atoms with Crippen LogP contribution in [0.2, 0.25) is 0 Å². The van der Waals surface area contributed by atoms with E-state index >= 15 is 0 Å². The number of carbonyl (C=O) groups excluding carboxylic acids is 1. The largest absolute Gasteiger partial charge is 0.466 e. The summed E-state index contributed by atoms with van der Waals surface area (Å²) >= 11 is 3.07. The Morgan fingerprint density at radius 2 is 2.15 bits per heavy atom. The second-order valence-electron chi connectivity index (χ2n) is 4.10. The van der Waals surface area contributed by atoms with E-state index in [0.717, 1.165) is 25.9 Å². The summed E-state index contributed by atoms with van der Waals surface area (Å²) < 4.78 is 6.06. The van der Waals surface area contributed by atoms with E-state index in [0.29, 0.717) is 6.61 Å². The van der Waals surface area contributed by atoms with Gasteiger partial charge in [0.15, 0.2) is 0 Å². The van der Waals surface area contributed by atoms with Crippen LogP contribution in [0.25, 0.3) is 20.9 Å². The van der Waals surface area contributed by atoms with Gasteiger partial charge in [-0.1, -0.05) is 12.1 Å². The van der Waals surface area contributed by atoms with Gasteiger partial charge in [0.1, 0.15) is 15.7 Å². The summed E-state index contributed by atoms with van der Waals surface area (Å²) in [5.74, 6) is -0.238. The molecule has 2 heterocycles. The molecule has 0 saturated heterocycles. The van der Waals surface area contributed by atoms with Gasteiger partial charge in [-0.25, -0.2) is 9.97 Å². The van der Waals surface area contributed by atoms with E-state index in [2.05, 4.69) is 9.97 Å². The number of nitrogens with zero attached hydrogens (tertiary/aromatic N) is 2. The second-order valence-corrected chi connectivity index (χ2v) is 6.07. The van der Waals surface area contributed by atoms with Gasteiger partial charge in [-0.2, -0.15) is 0 Å². The molecule has 0 N–H and O–H groups in total. The zero-order valence-electron chi connectivity index (χ0n) is 10.8. The fourth-order valence-electron chi connectivity index (χ4n) is 1.81. The minimum atomic E-state index is -0.238. The monoisotopic (exact) mass is 304 g/mol. The van der Waals surface area contributed by atoms with Crippen molar-refractivity contribution in [1.82, 2.24) is 9.97 Å². The number of carbonyl (C=O) groups is 1. The molecule has 0 amide bonds. The number of rotatable bonds is 4. The van der Waals surface area contributed by atoms with E-state index in [1.165, 1.54) is 11.3 Å². The van der Waals surface area contributed by atoms with Gasteiger partial charge >= 0.3 is 5.97 Å². The molecule has 6 heteroatoms. The van der Waals surface area contributed by atoms with Crippen LogP contribution in [0.1, 0.15) is 11.9 Å². The third kappa shape index (κ3) is 2.71. The maximum absolute atomic E-state index is 11.4. The summed E-state index contributed by atoms with van der Waals surface area (Å²) in [6, 6.07) is 8.00. The Morgan fingerprint density at radius 1 is 1.30 bits per heavy atom. The Balaban J connectivity index is 1.84. The van der Waals surface area contributed by atoms with Crippen LogP contribution < -0.4 is 0 Å². The lowest BCUT2D eigenvalue weighted by Crippen LogP contribution is -2.07. The Bertz CT molecular complexity index is 715. The Kier molecular flexibility index (Phi) is 3.75. The second kappa shape index (κ2) is 5.68. The molecular weight excluding hydrogens is 292 g/mol. The van der Waals surface area contributed by atoms with E-state index in [-0.39, 0.29) is 12.4 Å². The van der Waals surface area contributed by atoms with Crippen molar-refractivity contribution in [3.05, 3.63) is 34.7 Å². The predicted octanol–water partition coefficient (Wildman–Crippen LogP) is 3.53. The van der Waals surface area contributed by atoms with Gasteiger partial charge in [-0.3, -0.25) is 4.79 Å². The first-order valence-electron chi connectivity index (χ1n) is 6.22. The third-order valence-corrected chi connectivity index (χ3v) is 4.57. The number of fused-ring (bicyclic) bond motifs is 1. The van der Waals surface area contributed by atoms with Gasteiger partial charge in [0.25, 0.3) is 0 Å². The average Bonchev–Trinajstić information content (AvgIpc) is 3.04. The van der Waals surface area contributed by atoms with Gasteiger partial charge in [0, 0.05) is 5.38 Å². The summed E-state index contributed by atoms with van der Waals surface area (Å²) in [6.07, 6.45) is 0.226. The fourth-order valence-corrected chi connectivity index (χ4v) is 3.57. The number of hydrogen-bond donors (Lipinski definition) is 0. The number of thiazole rings is 2. The first-order chi connectivity index (χ1) is 9.76. The first-order valence-corrected chi connectivity index (χ1v) is 7.92. The van der Waals surface area contributed by atoms with Gasteiger partial charge < -0.3 is 4.74 Å². The summed E-state index contributed by atoms with van der Waals surface area (Å²) in [7, 11) is 0. The standard InChI is InChI=1S/C14H12N2O2S2/c1-2-18-13(17)7-12-15-10(8-19-12)14-16-9-5-3-4-6-11(9)20-14/h3-6,8H,2,7H2,1H3. The smallest absolute Gasteiger partial charge is 0.312 e. The lowest BCUT2D eigenvalue weighted by molar-refractivity contribution is -0.142. The van der Waals surface area contributed by atoms with Crippen LogP contribution in [-0.4, -0.2) is 22.5 Å². The maximum Gasteiger partial charge on any atom is 0.312 e. The summed E-state index contributed by atoms with van der Waals surface area (Å²) in [6.45, 7) is 2.20. The topological polar surface area (TPSA) is 52.1 Å². The van der Waals surface area contributed by atoms with Crippen molar-refractivity contribution in [2.24, 2.45) is 0 Å². The van der Waals surface area contributed by atoms with Crippen LogP contribution in [0.3, 0.4) is 0 Å². The third-order valence-electron chi connectivity index (χ3n) is 2.67. The van der Waals surface area contributed by atoms with E-state index in [9.17, 15) is 4.79 Å². The van der Waals surface area contributed by atoms with Crippen LogP contribution in [0, 0.1) is 0 Å². The number of para-hydroxylation sites is 1.